The number of carbonyl (C=O) groups excluding carboxylic acids is 2. The maximum Gasteiger partial charge on any atom is 0.252 e. The standard InChI is InChI=1S/C20H22N2O3S/c1-20(19(24)22(2)15-9-5-7-11-17(15)26-20)18(23)21-13-12-14-8-4-6-10-16(14)25-3/h4-11H,12-13H2,1-3H3,(H,21,23). The van der Waals surface area contributed by atoms with Crippen molar-refractivity contribution in [2.24, 2.45) is 0 Å². The Balaban J connectivity index is 1.70. The summed E-state index contributed by atoms with van der Waals surface area (Å²) in [5.74, 6) is 0.310. The average Bonchev–Trinajstić information content (AvgIpc) is 2.66. The lowest BCUT2D eigenvalue weighted by molar-refractivity contribution is -0.131. The molecule has 1 N–H and O–H groups in total. The van der Waals surface area contributed by atoms with Crippen molar-refractivity contribution in [1.29, 1.82) is 0 Å². The predicted octanol–water partition coefficient (Wildman–Crippen LogP) is 2.88. The van der Waals surface area contributed by atoms with Crippen LogP contribution < -0.4 is 15.0 Å². The molecule has 0 aromatic heterocycles. The number of amides is 2. The molecule has 0 saturated carbocycles. The van der Waals surface area contributed by atoms with E-state index in [1.165, 1.54) is 11.8 Å². The molecule has 0 radical (unpaired) electrons. The number of para-hydroxylation sites is 2. The quantitative estimate of drug-likeness (QED) is 0.823. The molecule has 2 amide bonds. The summed E-state index contributed by atoms with van der Waals surface area (Å²) in [5, 5.41) is 2.91. The number of rotatable bonds is 5. The van der Waals surface area contributed by atoms with E-state index in [0.717, 1.165) is 21.9 Å². The molecule has 6 heteroatoms. The fourth-order valence-electron chi connectivity index (χ4n) is 3.05. The van der Waals surface area contributed by atoms with E-state index < -0.39 is 4.75 Å². The molecular weight excluding hydrogens is 348 g/mol. The lowest BCUT2D eigenvalue weighted by Gasteiger charge is -2.36. The van der Waals surface area contributed by atoms with E-state index >= 15 is 0 Å². The molecular formula is C20H22N2O3S. The van der Waals surface area contributed by atoms with Gasteiger partial charge in [-0.3, -0.25) is 9.59 Å². The normalized spacial score (nSPS) is 19.0. The van der Waals surface area contributed by atoms with E-state index in [-0.39, 0.29) is 11.8 Å². The van der Waals surface area contributed by atoms with Gasteiger partial charge < -0.3 is 15.0 Å². The van der Waals surface area contributed by atoms with Crippen molar-refractivity contribution < 1.29 is 14.3 Å². The predicted molar refractivity (Wildman–Crippen MR) is 104 cm³/mol. The van der Waals surface area contributed by atoms with Crippen LogP contribution in [-0.2, 0) is 16.0 Å². The lowest BCUT2D eigenvalue weighted by atomic mass is 10.1. The third-order valence-electron chi connectivity index (χ3n) is 4.56. The minimum atomic E-state index is -1.18. The second kappa shape index (κ2) is 7.41. The minimum absolute atomic E-state index is 0.212. The van der Waals surface area contributed by atoms with E-state index in [9.17, 15) is 9.59 Å². The molecule has 1 atom stereocenters. The zero-order valence-corrected chi connectivity index (χ0v) is 15.9. The maximum absolute atomic E-state index is 12.8. The molecule has 1 aliphatic heterocycles. The summed E-state index contributed by atoms with van der Waals surface area (Å²) in [5.41, 5.74) is 1.85. The number of anilines is 1. The Morgan fingerprint density at radius 2 is 1.88 bits per heavy atom. The summed E-state index contributed by atoms with van der Waals surface area (Å²) in [7, 11) is 3.34. The van der Waals surface area contributed by atoms with Gasteiger partial charge in [0, 0.05) is 18.5 Å². The number of carbonyl (C=O) groups is 2. The first kappa shape index (κ1) is 18.3. The summed E-state index contributed by atoms with van der Waals surface area (Å²) >= 11 is 1.31. The average molecular weight is 370 g/mol. The molecule has 1 aliphatic rings. The number of ether oxygens (including phenoxy) is 1. The van der Waals surface area contributed by atoms with Gasteiger partial charge in [-0.15, -0.1) is 0 Å². The molecule has 5 nitrogen and oxygen atoms in total. The van der Waals surface area contributed by atoms with Crippen molar-refractivity contribution in [2.75, 3.05) is 25.6 Å². The van der Waals surface area contributed by atoms with Gasteiger partial charge in [0.15, 0.2) is 4.75 Å². The van der Waals surface area contributed by atoms with E-state index in [1.807, 2.05) is 48.5 Å². The van der Waals surface area contributed by atoms with Crippen LogP contribution in [0.2, 0.25) is 0 Å². The number of methoxy groups -OCH3 is 1. The summed E-state index contributed by atoms with van der Waals surface area (Å²) in [4.78, 5) is 28.1. The van der Waals surface area contributed by atoms with Gasteiger partial charge >= 0.3 is 0 Å². The second-order valence-corrected chi connectivity index (χ2v) is 7.75. The third kappa shape index (κ3) is 3.29. The van der Waals surface area contributed by atoms with Crippen molar-refractivity contribution in [2.45, 2.75) is 23.0 Å². The third-order valence-corrected chi connectivity index (χ3v) is 5.89. The highest BCUT2D eigenvalue weighted by Gasteiger charge is 2.48. The van der Waals surface area contributed by atoms with E-state index in [2.05, 4.69) is 5.32 Å². The molecule has 0 saturated heterocycles. The maximum atomic E-state index is 12.8. The number of benzene rings is 2. The molecule has 0 bridgehead atoms. The van der Waals surface area contributed by atoms with Crippen LogP contribution in [0.25, 0.3) is 0 Å². The van der Waals surface area contributed by atoms with Gasteiger partial charge in [-0.25, -0.2) is 0 Å². The first-order valence-electron chi connectivity index (χ1n) is 8.44. The number of fused-ring (bicyclic) bond motifs is 1. The fraction of sp³-hybridized carbons (Fsp3) is 0.300. The first-order chi connectivity index (χ1) is 12.5. The summed E-state index contributed by atoms with van der Waals surface area (Å²) < 4.78 is 4.15. The number of hydrogen-bond donors (Lipinski definition) is 1. The molecule has 136 valence electrons. The highest BCUT2D eigenvalue weighted by atomic mass is 32.2. The highest BCUT2D eigenvalue weighted by Crippen LogP contribution is 2.44. The van der Waals surface area contributed by atoms with Crippen LogP contribution in [0.4, 0.5) is 5.69 Å². The van der Waals surface area contributed by atoms with Gasteiger partial charge in [0.2, 0.25) is 5.91 Å². The van der Waals surface area contributed by atoms with Gasteiger partial charge in [0.1, 0.15) is 5.75 Å². The molecule has 26 heavy (non-hydrogen) atoms. The second-order valence-electron chi connectivity index (χ2n) is 6.28. The molecule has 0 spiro atoms. The van der Waals surface area contributed by atoms with E-state index in [4.69, 9.17) is 4.74 Å². The van der Waals surface area contributed by atoms with E-state index in [1.54, 1.807) is 26.0 Å². The Kier molecular flexibility index (Phi) is 5.23. The van der Waals surface area contributed by atoms with Crippen LogP contribution in [0.5, 0.6) is 5.75 Å². The van der Waals surface area contributed by atoms with Crippen molar-refractivity contribution in [3.63, 3.8) is 0 Å². The van der Waals surface area contributed by atoms with Crippen molar-refractivity contribution in [3.05, 3.63) is 54.1 Å². The number of thioether (sulfide) groups is 1. The number of nitrogens with one attached hydrogen (secondary N) is 1. The highest BCUT2D eigenvalue weighted by molar-refractivity contribution is 8.02. The van der Waals surface area contributed by atoms with Gasteiger partial charge in [0.05, 0.1) is 12.8 Å². The molecule has 0 aliphatic carbocycles. The van der Waals surface area contributed by atoms with Crippen LogP contribution in [0.15, 0.2) is 53.4 Å². The summed E-state index contributed by atoms with van der Waals surface area (Å²) in [6, 6.07) is 15.3. The monoisotopic (exact) mass is 370 g/mol. The van der Waals surface area contributed by atoms with Gasteiger partial charge in [-0.2, -0.15) is 0 Å². The minimum Gasteiger partial charge on any atom is -0.496 e. The number of hydrogen-bond acceptors (Lipinski definition) is 4. The van der Waals surface area contributed by atoms with Crippen LogP contribution in [0.3, 0.4) is 0 Å². The first-order valence-corrected chi connectivity index (χ1v) is 9.25. The number of nitrogens with zero attached hydrogens (tertiary/aromatic N) is 1. The molecule has 1 unspecified atom stereocenters. The largest absolute Gasteiger partial charge is 0.496 e. The Hall–Kier alpha value is -2.47. The van der Waals surface area contributed by atoms with Gasteiger partial charge in [-0.1, -0.05) is 42.1 Å². The summed E-state index contributed by atoms with van der Waals surface area (Å²) in [6.07, 6.45) is 0.636. The Morgan fingerprint density at radius 3 is 2.65 bits per heavy atom. The van der Waals surface area contributed by atoms with Crippen LogP contribution in [0.1, 0.15) is 12.5 Å². The molecule has 2 aromatic rings. The van der Waals surface area contributed by atoms with E-state index in [0.29, 0.717) is 13.0 Å². The van der Waals surface area contributed by atoms with Crippen LogP contribution in [0, 0.1) is 0 Å². The Morgan fingerprint density at radius 1 is 1.19 bits per heavy atom. The van der Waals surface area contributed by atoms with Crippen LogP contribution >= 0.6 is 11.8 Å². The molecule has 3 rings (SSSR count). The van der Waals surface area contributed by atoms with Gasteiger partial charge in [-0.05, 0) is 37.1 Å². The molecule has 0 fully saturated rings. The zero-order chi connectivity index (χ0) is 18.7. The molecule has 1 heterocycles. The SMILES string of the molecule is COc1ccccc1CCNC(=O)C1(C)Sc2ccccc2N(C)C1=O. The Bertz CT molecular complexity index is 839. The topological polar surface area (TPSA) is 58.6 Å². The van der Waals surface area contributed by atoms with Crippen molar-refractivity contribution >= 4 is 29.3 Å². The smallest absolute Gasteiger partial charge is 0.252 e. The van der Waals surface area contributed by atoms with Crippen molar-refractivity contribution in [1.82, 2.24) is 5.32 Å². The Labute approximate surface area is 157 Å². The van der Waals surface area contributed by atoms with Gasteiger partial charge in [0.25, 0.3) is 5.91 Å². The lowest BCUT2D eigenvalue weighted by Crippen LogP contribution is -2.55. The zero-order valence-electron chi connectivity index (χ0n) is 15.1. The molecule has 2 aromatic carbocycles. The van der Waals surface area contributed by atoms with Crippen LogP contribution in [-0.4, -0.2) is 37.3 Å². The van der Waals surface area contributed by atoms with Crippen molar-refractivity contribution in [3.8, 4) is 5.75 Å². The fourth-order valence-corrected chi connectivity index (χ4v) is 4.33. The summed E-state index contributed by atoms with van der Waals surface area (Å²) in [6.45, 7) is 2.12.